The van der Waals surface area contributed by atoms with Crippen molar-refractivity contribution in [1.29, 1.82) is 0 Å². The third-order valence-corrected chi connectivity index (χ3v) is 4.17. The van der Waals surface area contributed by atoms with E-state index < -0.39 is 24.5 Å². The largest absolute Gasteiger partial charge is 0.468 e. The third kappa shape index (κ3) is 3.08. The quantitative estimate of drug-likeness (QED) is 0.511. The van der Waals surface area contributed by atoms with E-state index in [9.17, 15) is 14.4 Å². The van der Waals surface area contributed by atoms with Gasteiger partial charge in [-0.1, -0.05) is 0 Å². The number of hydrogen-bond acceptors (Lipinski definition) is 5. The van der Waals surface area contributed by atoms with E-state index in [0.717, 1.165) is 27.5 Å². The van der Waals surface area contributed by atoms with Gasteiger partial charge in [0.05, 0.1) is 7.11 Å². The zero-order valence-electron chi connectivity index (χ0n) is 14.6. The second-order valence-corrected chi connectivity index (χ2v) is 5.82. The average molecular weight is 354 g/mol. The van der Waals surface area contributed by atoms with Crippen molar-refractivity contribution >= 4 is 24.0 Å². The Morgan fingerprint density at radius 3 is 2.62 bits per heavy atom. The van der Waals surface area contributed by atoms with Crippen LogP contribution in [-0.2, 0) is 14.3 Å². The standard InChI is InChI=1S/C18H18N4O4/c1-11-8-13(12(2)22(11)14-4-6-19-7-5-14)9-15-17(24)21(18(25)20-15)10-16(23)26-3/h4-9H,10H2,1-3H3,(H,20,25)/b15-9+. The van der Waals surface area contributed by atoms with E-state index >= 15 is 0 Å². The van der Waals surface area contributed by atoms with Gasteiger partial charge in [0.1, 0.15) is 12.2 Å². The number of nitrogens with one attached hydrogen (secondary N) is 1. The molecule has 1 aliphatic rings. The highest BCUT2D eigenvalue weighted by molar-refractivity contribution is 6.15. The zero-order valence-corrected chi connectivity index (χ0v) is 14.6. The number of nitrogens with zero attached hydrogens (tertiary/aromatic N) is 3. The van der Waals surface area contributed by atoms with E-state index in [1.165, 1.54) is 7.11 Å². The summed E-state index contributed by atoms with van der Waals surface area (Å²) in [6, 6.07) is 5.05. The number of hydrogen-bond donors (Lipinski definition) is 1. The third-order valence-electron chi connectivity index (χ3n) is 4.17. The van der Waals surface area contributed by atoms with Crippen LogP contribution in [0.25, 0.3) is 11.8 Å². The van der Waals surface area contributed by atoms with E-state index in [4.69, 9.17) is 0 Å². The van der Waals surface area contributed by atoms with Crippen LogP contribution in [0.4, 0.5) is 4.79 Å². The highest BCUT2D eigenvalue weighted by atomic mass is 16.5. The molecule has 0 spiro atoms. The molecule has 1 N–H and O–H groups in total. The van der Waals surface area contributed by atoms with Crippen LogP contribution >= 0.6 is 0 Å². The summed E-state index contributed by atoms with van der Waals surface area (Å²) in [4.78, 5) is 40.5. The SMILES string of the molecule is COC(=O)CN1C(=O)N/C(=C/c2cc(C)n(-c3ccncc3)c2C)C1=O. The summed E-state index contributed by atoms with van der Waals surface area (Å²) in [6.07, 6.45) is 5.02. The fourth-order valence-electron chi connectivity index (χ4n) is 2.89. The summed E-state index contributed by atoms with van der Waals surface area (Å²) >= 11 is 0. The molecule has 0 aliphatic carbocycles. The van der Waals surface area contributed by atoms with Crippen LogP contribution in [-0.4, -0.2) is 46.0 Å². The molecule has 0 bridgehead atoms. The second kappa shape index (κ2) is 6.83. The Morgan fingerprint density at radius 2 is 1.96 bits per heavy atom. The molecule has 0 atom stereocenters. The molecule has 0 aromatic carbocycles. The Hall–Kier alpha value is -3.42. The number of carbonyl (C=O) groups excluding carboxylic acids is 3. The maximum absolute atomic E-state index is 12.4. The minimum absolute atomic E-state index is 0.119. The minimum Gasteiger partial charge on any atom is -0.468 e. The van der Waals surface area contributed by atoms with Gasteiger partial charge >= 0.3 is 12.0 Å². The molecule has 0 unspecified atom stereocenters. The topological polar surface area (TPSA) is 93.5 Å². The number of rotatable bonds is 4. The molecule has 2 aromatic rings. The molecule has 3 amide bonds. The molecular weight excluding hydrogens is 336 g/mol. The van der Waals surface area contributed by atoms with Crippen molar-refractivity contribution in [3.8, 4) is 5.69 Å². The summed E-state index contributed by atoms with van der Waals surface area (Å²) in [5.41, 5.74) is 3.75. The molecule has 26 heavy (non-hydrogen) atoms. The number of imide groups is 1. The molecule has 0 saturated carbocycles. The van der Waals surface area contributed by atoms with Crippen molar-refractivity contribution in [2.75, 3.05) is 13.7 Å². The van der Waals surface area contributed by atoms with Gasteiger partial charge in [-0.2, -0.15) is 0 Å². The number of methoxy groups -OCH3 is 1. The lowest BCUT2D eigenvalue weighted by Crippen LogP contribution is -2.36. The first kappa shape index (κ1) is 17.4. The van der Waals surface area contributed by atoms with Gasteiger partial charge in [-0.15, -0.1) is 0 Å². The van der Waals surface area contributed by atoms with Crippen LogP contribution in [0.2, 0.25) is 0 Å². The van der Waals surface area contributed by atoms with Crippen molar-refractivity contribution < 1.29 is 19.1 Å². The summed E-state index contributed by atoms with van der Waals surface area (Å²) in [5.74, 6) is -1.22. The molecule has 3 rings (SSSR count). The predicted octanol–water partition coefficient (Wildman–Crippen LogP) is 1.55. The Kier molecular flexibility index (Phi) is 4.57. The minimum atomic E-state index is -0.661. The smallest absolute Gasteiger partial charge is 0.329 e. The highest BCUT2D eigenvalue weighted by Crippen LogP contribution is 2.23. The lowest BCUT2D eigenvalue weighted by atomic mass is 10.2. The van der Waals surface area contributed by atoms with Crippen LogP contribution in [0.3, 0.4) is 0 Å². The number of ether oxygens (including phenoxy) is 1. The Morgan fingerprint density at radius 1 is 1.27 bits per heavy atom. The maximum Gasteiger partial charge on any atom is 0.329 e. The summed E-state index contributed by atoms with van der Waals surface area (Å²) in [5, 5.41) is 2.50. The Labute approximate surface area is 150 Å². The number of amides is 3. The van der Waals surface area contributed by atoms with Crippen LogP contribution in [0.5, 0.6) is 0 Å². The van der Waals surface area contributed by atoms with Gasteiger partial charge < -0.3 is 14.6 Å². The normalized spacial score (nSPS) is 15.5. The fourth-order valence-corrected chi connectivity index (χ4v) is 2.89. The van der Waals surface area contributed by atoms with Crippen molar-refractivity contribution in [3.63, 3.8) is 0 Å². The molecule has 1 saturated heterocycles. The zero-order chi connectivity index (χ0) is 18.8. The van der Waals surface area contributed by atoms with Crippen LogP contribution in [0, 0.1) is 13.8 Å². The van der Waals surface area contributed by atoms with Gasteiger partial charge in [0.2, 0.25) is 0 Å². The lowest BCUT2D eigenvalue weighted by Gasteiger charge is -2.09. The van der Waals surface area contributed by atoms with Crippen molar-refractivity contribution in [2.24, 2.45) is 0 Å². The summed E-state index contributed by atoms with van der Waals surface area (Å²) in [7, 11) is 1.20. The van der Waals surface area contributed by atoms with Gasteiger partial charge in [-0.05, 0) is 43.7 Å². The second-order valence-electron chi connectivity index (χ2n) is 5.82. The lowest BCUT2D eigenvalue weighted by molar-refractivity contribution is -0.143. The number of pyridine rings is 1. The Bertz CT molecular complexity index is 915. The van der Waals surface area contributed by atoms with Gasteiger partial charge in [-0.25, -0.2) is 9.69 Å². The van der Waals surface area contributed by atoms with Crippen LogP contribution in [0.1, 0.15) is 17.0 Å². The highest BCUT2D eigenvalue weighted by Gasteiger charge is 2.35. The molecule has 1 fully saturated rings. The number of aromatic nitrogens is 2. The molecule has 8 nitrogen and oxygen atoms in total. The van der Waals surface area contributed by atoms with E-state index in [1.54, 1.807) is 18.5 Å². The van der Waals surface area contributed by atoms with Crippen molar-refractivity contribution in [1.82, 2.24) is 19.8 Å². The summed E-state index contributed by atoms with van der Waals surface area (Å²) < 4.78 is 6.54. The molecule has 134 valence electrons. The Balaban J connectivity index is 1.93. The monoisotopic (exact) mass is 354 g/mol. The molecule has 3 heterocycles. The first-order chi connectivity index (χ1) is 12.4. The van der Waals surface area contributed by atoms with E-state index in [-0.39, 0.29) is 5.70 Å². The molecule has 1 aliphatic heterocycles. The fraction of sp³-hybridized carbons (Fsp3) is 0.222. The van der Waals surface area contributed by atoms with Gasteiger partial charge in [0, 0.05) is 29.5 Å². The number of esters is 1. The first-order valence-corrected chi connectivity index (χ1v) is 7.93. The van der Waals surface area contributed by atoms with E-state index in [0.29, 0.717) is 0 Å². The van der Waals surface area contributed by atoms with Crippen LogP contribution < -0.4 is 5.32 Å². The molecule has 0 radical (unpaired) electrons. The molecule has 8 heteroatoms. The number of aryl methyl sites for hydroxylation is 1. The summed E-state index contributed by atoms with van der Waals surface area (Å²) in [6.45, 7) is 3.45. The van der Waals surface area contributed by atoms with E-state index in [2.05, 4.69) is 15.0 Å². The molecule has 2 aromatic heterocycles. The number of urea groups is 1. The van der Waals surface area contributed by atoms with Gasteiger partial charge in [0.25, 0.3) is 5.91 Å². The predicted molar refractivity (Wildman–Crippen MR) is 93.3 cm³/mol. The van der Waals surface area contributed by atoms with Crippen molar-refractivity contribution in [2.45, 2.75) is 13.8 Å². The average Bonchev–Trinajstić information content (AvgIpc) is 3.05. The van der Waals surface area contributed by atoms with Crippen molar-refractivity contribution in [3.05, 3.63) is 53.2 Å². The number of carbonyl (C=O) groups is 3. The van der Waals surface area contributed by atoms with Crippen LogP contribution in [0.15, 0.2) is 36.3 Å². The van der Waals surface area contributed by atoms with Gasteiger partial charge in [0.15, 0.2) is 0 Å². The molecular formula is C18H18N4O4. The van der Waals surface area contributed by atoms with Gasteiger partial charge in [-0.3, -0.25) is 14.6 Å². The first-order valence-electron chi connectivity index (χ1n) is 7.93. The van der Waals surface area contributed by atoms with E-state index in [1.807, 2.05) is 36.6 Å². The maximum atomic E-state index is 12.4.